The Morgan fingerprint density at radius 2 is 1.40 bits per heavy atom. The van der Waals surface area contributed by atoms with Crippen LogP contribution in [0.5, 0.6) is 0 Å². The molecule has 1 atom stereocenters. The van der Waals surface area contributed by atoms with Gasteiger partial charge in [0.05, 0.1) is 16.5 Å². The number of alkyl halides is 3. The summed E-state index contributed by atoms with van der Waals surface area (Å²) in [6, 6.07) is 3.25. The van der Waals surface area contributed by atoms with Crippen LogP contribution in [0, 0.1) is 0 Å². The van der Waals surface area contributed by atoms with Gasteiger partial charge >= 0.3 is 6.18 Å². The maximum atomic E-state index is 12.9. The second kappa shape index (κ2) is 9.23. The van der Waals surface area contributed by atoms with Gasteiger partial charge in [0.15, 0.2) is 0 Å². The van der Waals surface area contributed by atoms with Gasteiger partial charge in [0.1, 0.15) is 0 Å². The van der Waals surface area contributed by atoms with Crippen LogP contribution in [0.2, 0.25) is 0 Å². The first-order chi connectivity index (χ1) is 13.8. The van der Waals surface area contributed by atoms with Crippen LogP contribution in [-0.2, 0) is 21.0 Å². The molecule has 0 aromatic heterocycles. The maximum Gasteiger partial charge on any atom is 0.416 e. The predicted octanol–water partition coefficient (Wildman–Crippen LogP) is 3.05. The summed E-state index contributed by atoms with van der Waals surface area (Å²) in [5.74, 6) is -0.000883. The van der Waals surface area contributed by atoms with Gasteiger partial charge in [-0.25, -0.2) is 8.42 Å². The lowest BCUT2D eigenvalue weighted by Gasteiger charge is -2.40. The summed E-state index contributed by atoms with van der Waals surface area (Å²) in [5, 5.41) is 0. The highest BCUT2D eigenvalue weighted by Crippen LogP contribution is 2.30. The van der Waals surface area contributed by atoms with Gasteiger partial charge in [0.25, 0.3) is 0 Å². The zero-order valence-corrected chi connectivity index (χ0v) is 18.8. The number of benzene rings is 1. The summed E-state index contributed by atoms with van der Waals surface area (Å²) in [5.41, 5.74) is -0.890. The van der Waals surface area contributed by atoms with Crippen molar-refractivity contribution in [1.29, 1.82) is 0 Å². The van der Waals surface area contributed by atoms with Crippen molar-refractivity contribution in [2.45, 2.75) is 63.8 Å². The van der Waals surface area contributed by atoms with E-state index in [0.29, 0.717) is 13.1 Å². The zero-order valence-electron chi connectivity index (χ0n) is 18.0. The van der Waals surface area contributed by atoms with E-state index in [0.717, 1.165) is 24.3 Å². The highest BCUT2D eigenvalue weighted by atomic mass is 32.2. The average molecular weight is 450 g/mol. The third-order valence-electron chi connectivity index (χ3n) is 5.36. The molecule has 10 heteroatoms. The third-order valence-corrected chi connectivity index (χ3v) is 7.28. The van der Waals surface area contributed by atoms with Gasteiger partial charge in [0, 0.05) is 38.3 Å². The second-order valence-electron chi connectivity index (χ2n) is 8.07. The third kappa shape index (κ3) is 5.33. The Bertz CT molecular complexity index is 823. The first-order valence-electron chi connectivity index (χ1n) is 10.0. The van der Waals surface area contributed by atoms with Crippen molar-refractivity contribution >= 4 is 15.9 Å². The molecule has 1 aromatic carbocycles. The average Bonchev–Trinajstić information content (AvgIpc) is 2.66. The number of amides is 1. The van der Waals surface area contributed by atoms with Crippen LogP contribution >= 0.6 is 0 Å². The summed E-state index contributed by atoms with van der Waals surface area (Å²) in [4.78, 5) is 16.5. The lowest BCUT2D eigenvalue weighted by molar-refractivity contribution is -0.140. The molecule has 30 heavy (non-hydrogen) atoms. The van der Waals surface area contributed by atoms with Crippen LogP contribution in [0.4, 0.5) is 13.2 Å². The van der Waals surface area contributed by atoms with Gasteiger partial charge in [-0.15, -0.1) is 0 Å². The van der Waals surface area contributed by atoms with Crippen molar-refractivity contribution in [1.82, 2.24) is 14.1 Å². The second-order valence-corrected chi connectivity index (χ2v) is 10.0. The summed E-state index contributed by atoms with van der Waals surface area (Å²) in [7, 11) is -3.89. The molecule has 0 radical (unpaired) electrons. The molecule has 1 unspecified atom stereocenters. The minimum absolute atomic E-state index is 0.000883. The fourth-order valence-electron chi connectivity index (χ4n) is 3.77. The van der Waals surface area contributed by atoms with Crippen LogP contribution in [0.15, 0.2) is 29.2 Å². The Kier molecular flexibility index (Phi) is 7.58. The van der Waals surface area contributed by atoms with Gasteiger partial charge < -0.3 is 4.90 Å². The van der Waals surface area contributed by atoms with Crippen molar-refractivity contribution in [3.8, 4) is 0 Å². The molecular formula is C20H30F3N3O3S. The van der Waals surface area contributed by atoms with E-state index in [9.17, 15) is 26.4 Å². The Morgan fingerprint density at radius 3 is 1.80 bits per heavy atom. The molecule has 6 nitrogen and oxygen atoms in total. The number of hydrogen-bond acceptors (Lipinski definition) is 4. The van der Waals surface area contributed by atoms with E-state index >= 15 is 0 Å². The quantitative estimate of drug-likeness (QED) is 0.670. The topological polar surface area (TPSA) is 60.9 Å². The molecule has 0 spiro atoms. The van der Waals surface area contributed by atoms with Crippen LogP contribution in [0.3, 0.4) is 0 Å². The molecule has 0 N–H and O–H groups in total. The lowest BCUT2D eigenvalue weighted by atomic mass is 10.1. The van der Waals surface area contributed by atoms with Crippen LogP contribution in [0.25, 0.3) is 0 Å². The number of sulfonamides is 1. The standard InChI is InChI=1S/C20H30F3N3O3S/c1-14(2)26(15(3)4)19(27)16(5)24-10-12-25(13-11-24)30(28,29)18-8-6-17(7-9-18)20(21,22)23/h6-9,14-16H,10-13H2,1-5H3. The molecular weight excluding hydrogens is 419 g/mol. The van der Waals surface area contributed by atoms with Crippen LogP contribution < -0.4 is 0 Å². The summed E-state index contributed by atoms with van der Waals surface area (Å²) in [6.45, 7) is 10.7. The maximum absolute atomic E-state index is 12.9. The van der Waals surface area contributed by atoms with Gasteiger partial charge in [-0.05, 0) is 58.9 Å². The fourth-order valence-corrected chi connectivity index (χ4v) is 5.20. The summed E-state index contributed by atoms with van der Waals surface area (Å²) < 4.78 is 65.0. The minimum Gasteiger partial charge on any atom is -0.336 e. The van der Waals surface area contributed by atoms with E-state index in [4.69, 9.17) is 0 Å². The summed E-state index contributed by atoms with van der Waals surface area (Å²) in [6.07, 6.45) is -4.52. The number of carbonyl (C=O) groups excluding carboxylic acids is 1. The summed E-state index contributed by atoms with van der Waals surface area (Å²) >= 11 is 0. The zero-order chi connectivity index (χ0) is 22.9. The van der Waals surface area contributed by atoms with E-state index in [1.165, 1.54) is 4.31 Å². The molecule has 1 saturated heterocycles. The number of halogens is 3. The van der Waals surface area contributed by atoms with Gasteiger partial charge in [-0.1, -0.05) is 0 Å². The lowest BCUT2D eigenvalue weighted by Crippen LogP contribution is -2.57. The monoisotopic (exact) mass is 449 g/mol. The number of hydrogen-bond donors (Lipinski definition) is 0. The van der Waals surface area contributed by atoms with Gasteiger partial charge in [-0.3, -0.25) is 9.69 Å². The molecule has 1 aromatic rings. The molecule has 1 aliphatic heterocycles. The first-order valence-corrected chi connectivity index (χ1v) is 11.4. The molecule has 0 aliphatic carbocycles. The molecule has 0 saturated carbocycles. The smallest absolute Gasteiger partial charge is 0.336 e. The molecule has 1 fully saturated rings. The first kappa shape index (κ1) is 24.6. The molecule has 1 aliphatic rings. The van der Waals surface area contributed by atoms with E-state index < -0.39 is 21.8 Å². The molecule has 1 amide bonds. The Hall–Kier alpha value is -1.65. The van der Waals surface area contributed by atoms with Crippen molar-refractivity contribution < 1.29 is 26.4 Å². The number of nitrogens with zero attached hydrogens (tertiary/aromatic N) is 3. The normalized spacial score (nSPS) is 18.1. The van der Waals surface area contributed by atoms with E-state index in [1.807, 2.05) is 44.4 Å². The number of piperazine rings is 1. The predicted molar refractivity (Wildman–Crippen MR) is 108 cm³/mol. The molecule has 1 heterocycles. The highest BCUT2D eigenvalue weighted by molar-refractivity contribution is 7.89. The highest BCUT2D eigenvalue weighted by Gasteiger charge is 2.35. The fraction of sp³-hybridized carbons (Fsp3) is 0.650. The molecule has 170 valence electrons. The van der Waals surface area contributed by atoms with Crippen LogP contribution in [0.1, 0.15) is 40.2 Å². The van der Waals surface area contributed by atoms with Gasteiger partial charge in [0.2, 0.25) is 15.9 Å². The van der Waals surface area contributed by atoms with E-state index in [-0.39, 0.29) is 42.0 Å². The Labute approximate surface area is 176 Å². The Morgan fingerprint density at radius 1 is 0.933 bits per heavy atom. The Balaban J connectivity index is 2.06. The number of rotatable bonds is 6. The largest absolute Gasteiger partial charge is 0.416 e. The molecule has 0 bridgehead atoms. The van der Waals surface area contributed by atoms with Crippen molar-refractivity contribution in [2.24, 2.45) is 0 Å². The van der Waals surface area contributed by atoms with Gasteiger partial charge in [-0.2, -0.15) is 17.5 Å². The van der Waals surface area contributed by atoms with Crippen molar-refractivity contribution in [2.75, 3.05) is 26.2 Å². The van der Waals surface area contributed by atoms with Crippen LogP contribution in [-0.4, -0.2) is 72.7 Å². The molecule has 2 rings (SSSR count). The minimum atomic E-state index is -4.52. The van der Waals surface area contributed by atoms with E-state index in [1.54, 1.807) is 0 Å². The SMILES string of the molecule is CC(C(=O)N(C(C)C)C(C)C)N1CCN(S(=O)(=O)c2ccc(C(F)(F)F)cc2)CC1. The van der Waals surface area contributed by atoms with Crippen molar-refractivity contribution in [3.05, 3.63) is 29.8 Å². The van der Waals surface area contributed by atoms with E-state index in [2.05, 4.69) is 0 Å². The van der Waals surface area contributed by atoms with Crippen molar-refractivity contribution in [3.63, 3.8) is 0 Å². The number of carbonyl (C=O) groups is 1.